The normalized spacial score (nSPS) is 16.1. The number of nitrogens with zero attached hydrogens (tertiary/aromatic N) is 1. The summed E-state index contributed by atoms with van der Waals surface area (Å²) in [5.74, 6) is -1.71. The molecule has 1 aliphatic heterocycles. The van der Waals surface area contributed by atoms with Gasteiger partial charge in [-0.1, -0.05) is 0 Å². The lowest BCUT2D eigenvalue weighted by Gasteiger charge is -2.31. The van der Waals surface area contributed by atoms with E-state index in [2.05, 4.69) is 21.7 Å². The van der Waals surface area contributed by atoms with Crippen LogP contribution in [-0.2, 0) is 17.8 Å². The van der Waals surface area contributed by atoms with Gasteiger partial charge in [-0.2, -0.15) is 0 Å². The first-order valence-corrected chi connectivity index (χ1v) is 7.98. The molecule has 2 heterocycles. The molecule has 0 bridgehead atoms. The molecule has 0 radical (unpaired) electrons. The number of carbonyl (C=O) groups excluding carboxylic acids is 1. The molecular weight excluding hydrogens is 306 g/mol. The number of fused-ring (bicyclic) bond motifs is 1. The van der Waals surface area contributed by atoms with Crippen molar-refractivity contribution in [2.24, 2.45) is 0 Å². The predicted octanol–water partition coefficient (Wildman–Crippen LogP) is 3.41. The van der Waals surface area contributed by atoms with Crippen molar-refractivity contribution in [3.05, 3.63) is 51.7 Å². The van der Waals surface area contributed by atoms with Gasteiger partial charge >= 0.3 is 0 Å². The van der Waals surface area contributed by atoms with E-state index in [1.54, 1.807) is 18.3 Å². The van der Waals surface area contributed by atoms with Crippen LogP contribution in [0.1, 0.15) is 17.4 Å². The van der Waals surface area contributed by atoms with Crippen molar-refractivity contribution in [1.29, 1.82) is 0 Å². The lowest BCUT2D eigenvalue weighted by molar-refractivity contribution is -0.121. The third-order valence-electron chi connectivity index (χ3n) is 3.95. The lowest BCUT2D eigenvalue weighted by atomic mass is 10.1. The molecule has 0 unspecified atom stereocenters. The predicted molar refractivity (Wildman–Crippen MR) is 82.9 cm³/mol. The Balaban J connectivity index is 1.67. The van der Waals surface area contributed by atoms with Crippen molar-refractivity contribution in [3.8, 4) is 0 Å². The van der Waals surface area contributed by atoms with Gasteiger partial charge in [0, 0.05) is 24.0 Å². The summed E-state index contributed by atoms with van der Waals surface area (Å²) in [5, 5.41) is 4.59. The highest BCUT2D eigenvalue weighted by Gasteiger charge is 2.26. The standard InChI is InChI=1S/C16H16F2N2OS/c1-10(20-6-4-15-11(9-20)5-7-22-15)16(21)19-14-3-2-12(17)8-13(14)18/h2-3,5,7-8,10H,4,6,9H2,1H3,(H,19,21)/t10-/m0/s1. The maximum atomic E-state index is 13.6. The van der Waals surface area contributed by atoms with Gasteiger partial charge in [-0.25, -0.2) is 8.78 Å². The van der Waals surface area contributed by atoms with Crippen molar-refractivity contribution >= 4 is 22.9 Å². The number of carbonyl (C=O) groups is 1. The van der Waals surface area contributed by atoms with Gasteiger partial charge in [-0.15, -0.1) is 11.3 Å². The maximum Gasteiger partial charge on any atom is 0.241 e. The molecule has 1 aliphatic rings. The van der Waals surface area contributed by atoms with Gasteiger partial charge in [-0.05, 0) is 42.5 Å². The number of hydrogen-bond acceptors (Lipinski definition) is 3. The van der Waals surface area contributed by atoms with Gasteiger partial charge in [0.15, 0.2) is 0 Å². The zero-order valence-electron chi connectivity index (χ0n) is 12.1. The number of anilines is 1. The van der Waals surface area contributed by atoms with E-state index >= 15 is 0 Å². The first-order valence-electron chi connectivity index (χ1n) is 7.10. The first-order chi connectivity index (χ1) is 10.5. The molecule has 116 valence electrons. The summed E-state index contributed by atoms with van der Waals surface area (Å²) in [4.78, 5) is 15.7. The average molecular weight is 322 g/mol. The molecule has 3 nitrogen and oxygen atoms in total. The van der Waals surface area contributed by atoms with E-state index in [0.29, 0.717) is 0 Å². The Labute approximate surface area is 131 Å². The second-order valence-corrected chi connectivity index (χ2v) is 6.38. The summed E-state index contributed by atoms with van der Waals surface area (Å²) < 4.78 is 26.5. The topological polar surface area (TPSA) is 32.3 Å². The average Bonchev–Trinajstić information content (AvgIpc) is 2.96. The highest BCUT2D eigenvalue weighted by Crippen LogP contribution is 2.25. The summed E-state index contributed by atoms with van der Waals surface area (Å²) in [7, 11) is 0. The number of benzene rings is 1. The van der Waals surface area contributed by atoms with E-state index in [-0.39, 0.29) is 17.6 Å². The summed E-state index contributed by atoms with van der Waals surface area (Å²) in [6.45, 7) is 3.32. The minimum absolute atomic E-state index is 0.00600. The van der Waals surface area contributed by atoms with Crippen LogP contribution >= 0.6 is 11.3 Å². The number of thiophene rings is 1. The highest BCUT2D eigenvalue weighted by molar-refractivity contribution is 7.10. The Bertz CT molecular complexity index is 701. The molecule has 0 saturated heterocycles. The fourth-order valence-corrected chi connectivity index (χ4v) is 3.48. The van der Waals surface area contributed by atoms with Crippen LogP contribution in [0.5, 0.6) is 0 Å². The number of halogens is 2. The molecule has 1 aromatic heterocycles. The molecule has 6 heteroatoms. The molecule has 1 N–H and O–H groups in total. The largest absolute Gasteiger partial charge is 0.322 e. The Morgan fingerprint density at radius 3 is 2.95 bits per heavy atom. The minimum Gasteiger partial charge on any atom is -0.322 e. The van der Waals surface area contributed by atoms with Gasteiger partial charge in [0.1, 0.15) is 11.6 Å². The Morgan fingerprint density at radius 2 is 2.18 bits per heavy atom. The molecule has 3 rings (SSSR count). The summed E-state index contributed by atoms with van der Waals surface area (Å²) in [5.41, 5.74) is 1.26. The van der Waals surface area contributed by atoms with E-state index < -0.39 is 11.6 Å². The molecule has 1 amide bonds. The van der Waals surface area contributed by atoms with Crippen LogP contribution in [-0.4, -0.2) is 23.4 Å². The van der Waals surface area contributed by atoms with E-state index in [1.165, 1.54) is 16.5 Å². The molecule has 1 atom stereocenters. The Kier molecular flexibility index (Phi) is 4.22. The molecule has 0 aliphatic carbocycles. The molecule has 2 aromatic rings. The van der Waals surface area contributed by atoms with Crippen molar-refractivity contribution < 1.29 is 13.6 Å². The fraction of sp³-hybridized carbons (Fsp3) is 0.312. The van der Waals surface area contributed by atoms with Crippen LogP contribution in [0.3, 0.4) is 0 Å². The van der Waals surface area contributed by atoms with Crippen LogP contribution in [0.25, 0.3) is 0 Å². The second-order valence-electron chi connectivity index (χ2n) is 5.38. The summed E-state index contributed by atoms with van der Waals surface area (Å²) in [6.07, 6.45) is 0.926. The monoisotopic (exact) mass is 322 g/mol. The number of rotatable bonds is 3. The van der Waals surface area contributed by atoms with Crippen molar-refractivity contribution in [2.75, 3.05) is 11.9 Å². The van der Waals surface area contributed by atoms with Crippen LogP contribution in [0.2, 0.25) is 0 Å². The van der Waals surface area contributed by atoms with Crippen LogP contribution < -0.4 is 5.32 Å². The summed E-state index contributed by atoms with van der Waals surface area (Å²) in [6, 6.07) is 4.83. The molecular formula is C16H16F2N2OS. The Morgan fingerprint density at radius 1 is 1.36 bits per heavy atom. The highest BCUT2D eigenvalue weighted by atomic mass is 32.1. The molecule has 0 spiro atoms. The number of hydrogen-bond donors (Lipinski definition) is 1. The zero-order chi connectivity index (χ0) is 15.7. The molecule has 22 heavy (non-hydrogen) atoms. The molecule has 1 aromatic carbocycles. The summed E-state index contributed by atoms with van der Waals surface area (Å²) >= 11 is 1.74. The van der Waals surface area contributed by atoms with Crippen LogP contribution in [0.4, 0.5) is 14.5 Å². The van der Waals surface area contributed by atoms with E-state index in [9.17, 15) is 13.6 Å². The molecule has 0 saturated carbocycles. The van der Waals surface area contributed by atoms with Gasteiger partial charge in [-0.3, -0.25) is 9.69 Å². The maximum absolute atomic E-state index is 13.6. The SMILES string of the molecule is C[C@@H](C(=O)Nc1ccc(F)cc1F)N1CCc2sccc2C1. The van der Waals surface area contributed by atoms with Crippen molar-refractivity contribution in [1.82, 2.24) is 4.90 Å². The van der Waals surface area contributed by atoms with Gasteiger partial charge in [0.05, 0.1) is 11.7 Å². The van der Waals surface area contributed by atoms with Crippen molar-refractivity contribution in [2.45, 2.75) is 25.9 Å². The van der Waals surface area contributed by atoms with Crippen molar-refractivity contribution in [3.63, 3.8) is 0 Å². The van der Waals surface area contributed by atoms with Crippen LogP contribution in [0, 0.1) is 11.6 Å². The smallest absolute Gasteiger partial charge is 0.241 e. The quantitative estimate of drug-likeness (QED) is 0.939. The molecule has 0 fully saturated rings. The second kappa shape index (κ2) is 6.14. The third-order valence-corrected chi connectivity index (χ3v) is 4.98. The third kappa shape index (κ3) is 3.03. The van der Waals surface area contributed by atoms with Gasteiger partial charge in [0.2, 0.25) is 5.91 Å². The lowest BCUT2D eigenvalue weighted by Crippen LogP contribution is -2.44. The Hall–Kier alpha value is -1.79. The van der Waals surface area contributed by atoms with E-state index in [0.717, 1.165) is 31.6 Å². The number of nitrogens with one attached hydrogen (secondary N) is 1. The van der Waals surface area contributed by atoms with E-state index in [1.807, 2.05) is 0 Å². The van der Waals surface area contributed by atoms with E-state index in [4.69, 9.17) is 0 Å². The first kappa shape index (κ1) is 15.1. The zero-order valence-corrected chi connectivity index (χ0v) is 12.9. The van der Waals surface area contributed by atoms with Gasteiger partial charge in [0.25, 0.3) is 0 Å². The van der Waals surface area contributed by atoms with Gasteiger partial charge < -0.3 is 5.32 Å². The van der Waals surface area contributed by atoms with Crippen LogP contribution in [0.15, 0.2) is 29.6 Å². The fourth-order valence-electron chi connectivity index (χ4n) is 2.59. The minimum atomic E-state index is -0.765. The number of amides is 1.